The lowest BCUT2D eigenvalue weighted by Gasteiger charge is -2.17. The molecule has 0 unspecified atom stereocenters. The minimum Gasteiger partial charge on any atom is -0.483 e. The van der Waals surface area contributed by atoms with Gasteiger partial charge in [-0.1, -0.05) is 0 Å². The van der Waals surface area contributed by atoms with Gasteiger partial charge in [0.1, 0.15) is 0 Å². The third-order valence-corrected chi connectivity index (χ3v) is 2.91. The van der Waals surface area contributed by atoms with Gasteiger partial charge in [-0.05, 0) is 32.8 Å². The molecular weight excluding hydrogens is 268 g/mol. The van der Waals surface area contributed by atoms with Gasteiger partial charge in [-0.15, -0.1) is 0 Å². The molecule has 1 fully saturated rings. The summed E-state index contributed by atoms with van der Waals surface area (Å²) in [4.78, 5) is 4.11. The molecule has 0 aliphatic heterocycles. The second-order valence-electron chi connectivity index (χ2n) is 4.85. The number of ether oxygens (including phenoxy) is 2. The van der Waals surface area contributed by atoms with E-state index in [1.54, 1.807) is 6.07 Å². The Morgan fingerprint density at radius 1 is 1.42 bits per heavy atom. The largest absolute Gasteiger partial charge is 0.483 e. The molecule has 0 saturated heterocycles. The predicted molar refractivity (Wildman–Crippen MR) is 72.1 cm³/mol. The van der Waals surface area contributed by atoms with Crippen molar-refractivity contribution < 1.29 is 17.9 Å². The molecule has 1 heterocycles. The molecule has 0 bridgehead atoms. The number of aromatic nitrogens is 1. The van der Waals surface area contributed by atoms with E-state index in [0.29, 0.717) is 17.3 Å². The van der Waals surface area contributed by atoms with Gasteiger partial charge in [0, 0.05) is 6.20 Å². The smallest absolute Gasteiger partial charge is 0.259 e. The van der Waals surface area contributed by atoms with E-state index in [1.165, 1.54) is 6.20 Å². The van der Waals surface area contributed by atoms with E-state index < -0.39 is 10.0 Å². The molecule has 0 aromatic carbocycles. The number of nitrogens with one attached hydrogen (secondary N) is 1. The third-order valence-electron chi connectivity index (χ3n) is 2.32. The average Bonchev–Trinajstić information content (AvgIpc) is 3.03. The van der Waals surface area contributed by atoms with Crippen LogP contribution in [0.5, 0.6) is 11.6 Å². The van der Waals surface area contributed by atoms with Gasteiger partial charge < -0.3 is 9.47 Å². The van der Waals surface area contributed by atoms with Crippen LogP contribution in [-0.4, -0.2) is 31.9 Å². The summed E-state index contributed by atoms with van der Waals surface area (Å²) in [6.07, 6.45) is 4.58. The van der Waals surface area contributed by atoms with Crippen LogP contribution in [-0.2, 0) is 10.0 Å². The Bertz CT molecular complexity index is 553. The number of hydrogen-bond donors (Lipinski definition) is 1. The first-order chi connectivity index (χ1) is 8.85. The molecule has 0 amide bonds. The molecule has 6 nitrogen and oxygen atoms in total. The molecule has 1 aromatic heterocycles. The Kier molecular flexibility index (Phi) is 3.84. The zero-order chi connectivity index (χ0) is 14.0. The summed E-state index contributed by atoms with van der Waals surface area (Å²) >= 11 is 0. The minimum atomic E-state index is -3.37. The number of pyridine rings is 1. The Hall–Kier alpha value is -1.50. The highest BCUT2D eigenvalue weighted by molar-refractivity contribution is 7.92. The van der Waals surface area contributed by atoms with Gasteiger partial charge in [0.15, 0.2) is 0 Å². The molecule has 7 heteroatoms. The van der Waals surface area contributed by atoms with Gasteiger partial charge in [-0.3, -0.25) is 4.72 Å². The molecule has 0 spiro atoms. The van der Waals surface area contributed by atoms with E-state index in [0.717, 1.165) is 19.1 Å². The van der Waals surface area contributed by atoms with Crippen LogP contribution in [0.15, 0.2) is 12.3 Å². The molecule has 1 aromatic rings. The van der Waals surface area contributed by atoms with Crippen molar-refractivity contribution in [2.45, 2.75) is 38.9 Å². The normalized spacial score (nSPS) is 15.4. The molecule has 0 radical (unpaired) electrons. The number of nitrogens with zero attached hydrogens (tertiary/aromatic N) is 1. The first-order valence-corrected chi connectivity index (χ1v) is 8.04. The molecule has 1 aliphatic rings. The van der Waals surface area contributed by atoms with Gasteiger partial charge >= 0.3 is 0 Å². The maximum Gasteiger partial charge on any atom is 0.259 e. The first-order valence-electron chi connectivity index (χ1n) is 6.15. The van der Waals surface area contributed by atoms with Gasteiger partial charge in [-0.2, -0.15) is 0 Å². The van der Waals surface area contributed by atoms with E-state index in [4.69, 9.17) is 9.47 Å². The van der Waals surface area contributed by atoms with E-state index in [9.17, 15) is 8.42 Å². The van der Waals surface area contributed by atoms with Crippen LogP contribution in [0.2, 0.25) is 0 Å². The molecule has 106 valence electrons. The van der Waals surface area contributed by atoms with Crippen molar-refractivity contribution in [3.63, 3.8) is 0 Å². The lowest BCUT2D eigenvalue weighted by molar-refractivity contribution is 0.209. The summed E-state index contributed by atoms with van der Waals surface area (Å²) in [6, 6.07) is 1.56. The Morgan fingerprint density at radius 3 is 2.63 bits per heavy atom. The molecule has 1 saturated carbocycles. The van der Waals surface area contributed by atoms with E-state index in [1.807, 2.05) is 13.8 Å². The summed E-state index contributed by atoms with van der Waals surface area (Å²) in [5.41, 5.74) is 0.361. The minimum absolute atomic E-state index is 0.0671. The SMILES string of the molecule is CC(C)Oc1nccc(NS(C)(=O)=O)c1OC1CC1. The zero-order valence-corrected chi connectivity index (χ0v) is 12.0. The highest BCUT2D eigenvalue weighted by atomic mass is 32.2. The Labute approximate surface area is 113 Å². The quantitative estimate of drug-likeness (QED) is 0.862. The molecular formula is C12H18N2O4S. The molecule has 2 rings (SSSR count). The van der Waals surface area contributed by atoms with Crippen molar-refractivity contribution in [2.24, 2.45) is 0 Å². The number of rotatable bonds is 6. The molecule has 1 aliphatic carbocycles. The van der Waals surface area contributed by atoms with Crippen LogP contribution >= 0.6 is 0 Å². The van der Waals surface area contributed by atoms with Gasteiger partial charge in [0.25, 0.3) is 5.88 Å². The van der Waals surface area contributed by atoms with Crippen LogP contribution in [0.3, 0.4) is 0 Å². The van der Waals surface area contributed by atoms with Gasteiger partial charge in [-0.25, -0.2) is 13.4 Å². The fourth-order valence-corrected chi connectivity index (χ4v) is 2.04. The van der Waals surface area contributed by atoms with Crippen molar-refractivity contribution in [1.82, 2.24) is 4.98 Å². The summed E-state index contributed by atoms with van der Waals surface area (Å²) < 4.78 is 36.4. The van der Waals surface area contributed by atoms with Crippen LogP contribution in [0, 0.1) is 0 Å². The van der Waals surface area contributed by atoms with Crippen molar-refractivity contribution in [3.8, 4) is 11.6 Å². The van der Waals surface area contributed by atoms with Crippen molar-refractivity contribution >= 4 is 15.7 Å². The fourth-order valence-electron chi connectivity index (χ4n) is 1.48. The first kappa shape index (κ1) is 13.9. The van der Waals surface area contributed by atoms with Gasteiger partial charge in [0.05, 0.1) is 24.2 Å². The van der Waals surface area contributed by atoms with E-state index in [2.05, 4.69) is 9.71 Å². The van der Waals surface area contributed by atoms with Crippen molar-refractivity contribution in [2.75, 3.05) is 11.0 Å². The number of sulfonamides is 1. The maximum absolute atomic E-state index is 11.4. The van der Waals surface area contributed by atoms with Crippen LogP contribution in [0.4, 0.5) is 5.69 Å². The lowest BCUT2D eigenvalue weighted by Crippen LogP contribution is -2.14. The van der Waals surface area contributed by atoms with Crippen LogP contribution < -0.4 is 14.2 Å². The highest BCUT2D eigenvalue weighted by Gasteiger charge is 2.27. The predicted octanol–water partition coefficient (Wildman–Crippen LogP) is 1.78. The van der Waals surface area contributed by atoms with Crippen LogP contribution in [0.1, 0.15) is 26.7 Å². The topological polar surface area (TPSA) is 77.5 Å². The monoisotopic (exact) mass is 286 g/mol. The summed E-state index contributed by atoms with van der Waals surface area (Å²) in [6.45, 7) is 3.75. The fraction of sp³-hybridized carbons (Fsp3) is 0.583. The molecule has 0 atom stereocenters. The summed E-state index contributed by atoms with van der Waals surface area (Å²) in [5.74, 6) is 0.680. The second-order valence-corrected chi connectivity index (χ2v) is 6.60. The maximum atomic E-state index is 11.4. The second kappa shape index (κ2) is 5.24. The Morgan fingerprint density at radius 2 is 2.11 bits per heavy atom. The van der Waals surface area contributed by atoms with Crippen molar-refractivity contribution in [1.29, 1.82) is 0 Å². The lowest BCUT2D eigenvalue weighted by atomic mass is 10.3. The van der Waals surface area contributed by atoms with Crippen molar-refractivity contribution in [3.05, 3.63) is 12.3 Å². The zero-order valence-electron chi connectivity index (χ0n) is 11.2. The number of hydrogen-bond acceptors (Lipinski definition) is 5. The van der Waals surface area contributed by atoms with Crippen LogP contribution in [0.25, 0.3) is 0 Å². The van der Waals surface area contributed by atoms with Gasteiger partial charge in [0.2, 0.25) is 15.8 Å². The molecule has 1 N–H and O–H groups in total. The third kappa shape index (κ3) is 4.27. The average molecular weight is 286 g/mol. The summed E-state index contributed by atoms with van der Waals surface area (Å²) in [7, 11) is -3.37. The highest BCUT2D eigenvalue weighted by Crippen LogP contribution is 2.38. The number of anilines is 1. The standard InChI is InChI=1S/C12H18N2O4S/c1-8(2)17-12-11(18-9-4-5-9)10(6-7-13-12)14-19(3,15)16/h6-9H,4-5H2,1-3H3,(H,13,14). The van der Waals surface area contributed by atoms with E-state index in [-0.39, 0.29) is 12.2 Å². The Balaban J connectivity index is 2.34. The molecule has 19 heavy (non-hydrogen) atoms. The summed E-state index contributed by atoms with van der Waals surface area (Å²) in [5, 5.41) is 0. The van der Waals surface area contributed by atoms with E-state index >= 15 is 0 Å².